The van der Waals surface area contributed by atoms with Crippen molar-refractivity contribution in [2.45, 2.75) is 31.6 Å². The summed E-state index contributed by atoms with van der Waals surface area (Å²) in [4.78, 5) is 11.8. The molecule has 0 heterocycles. The van der Waals surface area contributed by atoms with Crippen LogP contribution in [0, 0.1) is 0 Å². The Morgan fingerprint density at radius 2 is 2.00 bits per heavy atom. The maximum Gasteiger partial charge on any atom is 0.251 e. The van der Waals surface area contributed by atoms with Crippen LogP contribution in [0.2, 0.25) is 0 Å². The third kappa shape index (κ3) is 5.52. The maximum absolute atomic E-state index is 11.8. The summed E-state index contributed by atoms with van der Waals surface area (Å²) in [5.74, 6) is 0.367. The fourth-order valence-corrected chi connectivity index (χ4v) is 1.86. The summed E-state index contributed by atoms with van der Waals surface area (Å²) in [6.07, 6.45) is 3.82. The predicted molar refractivity (Wildman–Crippen MR) is 73.9 cm³/mol. The molecule has 0 saturated carbocycles. The lowest BCUT2D eigenvalue weighted by Crippen LogP contribution is -2.24. The molecular weight excluding hydrogens is 250 g/mol. The van der Waals surface area contributed by atoms with Gasteiger partial charge in [-0.15, -0.1) is 11.6 Å². The first-order valence-electron chi connectivity index (χ1n) is 6.32. The number of aliphatic hydroxyl groups excluding tert-OH is 1. The monoisotopic (exact) mass is 269 g/mol. The van der Waals surface area contributed by atoms with Gasteiger partial charge in [-0.05, 0) is 30.5 Å². The third-order valence-corrected chi connectivity index (χ3v) is 3.02. The van der Waals surface area contributed by atoms with Crippen molar-refractivity contribution in [3.8, 4) is 0 Å². The summed E-state index contributed by atoms with van der Waals surface area (Å²) in [5.41, 5.74) is 1.61. The van der Waals surface area contributed by atoms with Crippen LogP contribution in [-0.2, 0) is 5.88 Å². The number of carbonyl (C=O) groups is 1. The Bertz CT molecular complexity index is 369. The number of hydrogen-bond acceptors (Lipinski definition) is 2. The van der Waals surface area contributed by atoms with Crippen LogP contribution in [0.1, 0.15) is 41.6 Å². The molecule has 0 radical (unpaired) electrons. The van der Waals surface area contributed by atoms with Crippen LogP contribution in [0.25, 0.3) is 0 Å². The summed E-state index contributed by atoms with van der Waals surface area (Å²) in [6, 6.07) is 7.35. The molecule has 2 N–H and O–H groups in total. The van der Waals surface area contributed by atoms with Gasteiger partial charge in [-0.3, -0.25) is 4.79 Å². The molecule has 100 valence electrons. The van der Waals surface area contributed by atoms with Gasteiger partial charge in [-0.1, -0.05) is 25.0 Å². The molecule has 1 rings (SSSR count). The van der Waals surface area contributed by atoms with Crippen molar-refractivity contribution in [1.82, 2.24) is 5.32 Å². The number of rotatable bonds is 8. The molecule has 0 aliphatic heterocycles. The quantitative estimate of drug-likeness (QED) is 0.563. The van der Waals surface area contributed by atoms with Gasteiger partial charge in [0.25, 0.3) is 5.91 Å². The topological polar surface area (TPSA) is 49.3 Å². The Kier molecular flexibility index (Phi) is 7.46. The van der Waals surface area contributed by atoms with Crippen LogP contribution < -0.4 is 5.32 Å². The van der Waals surface area contributed by atoms with Gasteiger partial charge in [0.2, 0.25) is 0 Å². The number of unbranched alkanes of at least 4 members (excludes halogenated alkanes) is 3. The molecule has 0 unspecified atom stereocenters. The minimum atomic E-state index is -0.0517. The van der Waals surface area contributed by atoms with Crippen LogP contribution >= 0.6 is 11.6 Å². The van der Waals surface area contributed by atoms with Gasteiger partial charge >= 0.3 is 0 Å². The second-order valence-electron chi connectivity index (χ2n) is 4.23. The summed E-state index contributed by atoms with van der Waals surface area (Å²) in [6.45, 7) is 0.924. The number of amides is 1. The first-order chi connectivity index (χ1) is 8.77. The Labute approximate surface area is 113 Å². The molecule has 0 aliphatic carbocycles. The minimum Gasteiger partial charge on any atom is -0.396 e. The zero-order valence-electron chi connectivity index (χ0n) is 10.5. The van der Waals surface area contributed by atoms with Crippen molar-refractivity contribution < 1.29 is 9.90 Å². The molecule has 0 aromatic heterocycles. The summed E-state index contributed by atoms with van der Waals surface area (Å²) >= 11 is 5.73. The molecule has 0 atom stereocenters. The number of nitrogens with one attached hydrogen (secondary N) is 1. The van der Waals surface area contributed by atoms with Crippen LogP contribution in [-0.4, -0.2) is 24.2 Å². The van der Waals surface area contributed by atoms with E-state index in [-0.39, 0.29) is 12.5 Å². The van der Waals surface area contributed by atoms with E-state index >= 15 is 0 Å². The molecule has 3 nitrogen and oxygen atoms in total. The molecule has 0 spiro atoms. The number of benzene rings is 1. The largest absolute Gasteiger partial charge is 0.396 e. The number of halogens is 1. The zero-order valence-corrected chi connectivity index (χ0v) is 11.2. The Balaban J connectivity index is 2.27. The second kappa shape index (κ2) is 8.95. The fraction of sp³-hybridized carbons (Fsp3) is 0.500. The Hall–Kier alpha value is -1.06. The SMILES string of the molecule is O=C(NCCCCCCO)c1cccc(CCl)c1. The van der Waals surface area contributed by atoms with Crippen molar-refractivity contribution in [3.05, 3.63) is 35.4 Å². The van der Waals surface area contributed by atoms with Gasteiger partial charge in [0.15, 0.2) is 0 Å². The van der Waals surface area contributed by atoms with Gasteiger partial charge in [0, 0.05) is 24.6 Å². The lowest BCUT2D eigenvalue weighted by Gasteiger charge is -2.06. The van der Waals surface area contributed by atoms with Gasteiger partial charge < -0.3 is 10.4 Å². The molecule has 1 aromatic carbocycles. The first kappa shape index (κ1) is 15.0. The Morgan fingerprint density at radius 3 is 2.72 bits per heavy atom. The van der Waals surface area contributed by atoms with E-state index in [1.54, 1.807) is 6.07 Å². The number of carbonyl (C=O) groups excluding carboxylic acids is 1. The van der Waals surface area contributed by atoms with Gasteiger partial charge in [-0.25, -0.2) is 0 Å². The summed E-state index contributed by atoms with van der Waals surface area (Å²) in [5, 5.41) is 11.5. The van der Waals surface area contributed by atoms with Gasteiger partial charge in [0.1, 0.15) is 0 Å². The minimum absolute atomic E-state index is 0.0517. The highest BCUT2D eigenvalue weighted by molar-refractivity contribution is 6.17. The van der Waals surface area contributed by atoms with Crippen molar-refractivity contribution >= 4 is 17.5 Å². The highest BCUT2D eigenvalue weighted by Crippen LogP contribution is 2.07. The lowest BCUT2D eigenvalue weighted by atomic mass is 10.1. The van der Waals surface area contributed by atoms with E-state index < -0.39 is 0 Å². The Morgan fingerprint density at radius 1 is 1.22 bits per heavy atom. The average molecular weight is 270 g/mol. The number of hydrogen-bond donors (Lipinski definition) is 2. The maximum atomic E-state index is 11.8. The number of alkyl halides is 1. The third-order valence-electron chi connectivity index (χ3n) is 2.71. The molecule has 1 amide bonds. The first-order valence-corrected chi connectivity index (χ1v) is 6.85. The lowest BCUT2D eigenvalue weighted by molar-refractivity contribution is 0.0952. The van der Waals surface area contributed by atoms with Crippen LogP contribution in [0.5, 0.6) is 0 Å². The normalized spacial score (nSPS) is 10.3. The average Bonchev–Trinajstić information content (AvgIpc) is 2.42. The number of aliphatic hydroxyl groups is 1. The zero-order chi connectivity index (χ0) is 13.2. The standard InChI is InChI=1S/C14H20ClNO2/c15-11-12-6-5-7-13(10-12)14(18)16-8-3-1-2-4-9-17/h5-7,10,17H,1-4,8-9,11H2,(H,16,18). The summed E-state index contributed by atoms with van der Waals surface area (Å²) in [7, 11) is 0. The molecule has 1 aromatic rings. The highest BCUT2D eigenvalue weighted by Gasteiger charge is 2.04. The van der Waals surface area contributed by atoms with Crippen molar-refractivity contribution in [1.29, 1.82) is 0 Å². The summed E-state index contributed by atoms with van der Waals surface area (Å²) < 4.78 is 0. The van der Waals surface area contributed by atoms with E-state index in [1.165, 1.54) is 0 Å². The fourth-order valence-electron chi connectivity index (χ4n) is 1.69. The van der Waals surface area contributed by atoms with Crippen molar-refractivity contribution in [3.63, 3.8) is 0 Å². The van der Waals surface area contributed by atoms with Crippen molar-refractivity contribution in [2.75, 3.05) is 13.2 Å². The second-order valence-corrected chi connectivity index (χ2v) is 4.49. The van der Waals surface area contributed by atoms with Crippen LogP contribution in [0.15, 0.2) is 24.3 Å². The predicted octanol–water partition coefficient (Wildman–Crippen LogP) is 2.71. The van der Waals surface area contributed by atoms with Crippen molar-refractivity contribution in [2.24, 2.45) is 0 Å². The van der Waals surface area contributed by atoms with Crippen LogP contribution in [0.3, 0.4) is 0 Å². The van der Waals surface area contributed by atoms with E-state index in [2.05, 4.69) is 5.32 Å². The van der Waals surface area contributed by atoms with E-state index in [1.807, 2.05) is 18.2 Å². The molecule has 0 saturated heterocycles. The van der Waals surface area contributed by atoms with E-state index in [0.717, 1.165) is 31.2 Å². The van der Waals surface area contributed by atoms with E-state index in [4.69, 9.17) is 16.7 Å². The molecular formula is C14H20ClNO2. The van der Waals surface area contributed by atoms with Crippen LogP contribution in [0.4, 0.5) is 0 Å². The molecule has 0 fully saturated rings. The smallest absolute Gasteiger partial charge is 0.251 e. The molecule has 18 heavy (non-hydrogen) atoms. The van der Waals surface area contributed by atoms with E-state index in [0.29, 0.717) is 18.0 Å². The molecule has 0 aliphatic rings. The van der Waals surface area contributed by atoms with E-state index in [9.17, 15) is 4.79 Å². The molecule has 4 heteroatoms. The highest BCUT2D eigenvalue weighted by atomic mass is 35.5. The molecule has 0 bridgehead atoms. The van der Waals surface area contributed by atoms with Gasteiger partial charge in [-0.2, -0.15) is 0 Å². The van der Waals surface area contributed by atoms with Gasteiger partial charge in [0.05, 0.1) is 0 Å².